The molecule has 0 radical (unpaired) electrons. The molecule has 3 rings (SSSR count). The number of anilines is 2. The van der Waals surface area contributed by atoms with Gasteiger partial charge in [0.1, 0.15) is 5.82 Å². The van der Waals surface area contributed by atoms with Gasteiger partial charge >= 0.3 is 0 Å². The Kier molecular flexibility index (Phi) is 2.09. The predicted octanol–water partition coefficient (Wildman–Crippen LogP) is 1.92. The number of hydrogen-bond donors (Lipinski definition) is 2. The summed E-state index contributed by atoms with van der Waals surface area (Å²) in [5.41, 5.74) is 1.91. The molecule has 1 fully saturated rings. The molecule has 0 saturated heterocycles. The summed E-state index contributed by atoms with van der Waals surface area (Å²) >= 11 is 0. The molecule has 1 aliphatic carbocycles. The molecule has 0 aromatic carbocycles. The number of amides is 1. The molecule has 1 aromatic rings. The second-order valence-electron chi connectivity index (χ2n) is 4.63. The van der Waals surface area contributed by atoms with Crippen molar-refractivity contribution in [3.8, 4) is 0 Å². The lowest BCUT2D eigenvalue weighted by Gasteiger charge is -2.15. The molecule has 84 valence electrons. The second kappa shape index (κ2) is 3.47. The fraction of sp³-hybridized carbons (Fsp3) is 0.500. The molecule has 2 N–H and O–H groups in total. The molecule has 4 heteroatoms. The van der Waals surface area contributed by atoms with E-state index in [0.717, 1.165) is 36.3 Å². The first-order valence-electron chi connectivity index (χ1n) is 5.79. The lowest BCUT2D eigenvalue weighted by molar-refractivity contribution is -0.119. The van der Waals surface area contributed by atoms with Crippen molar-refractivity contribution < 1.29 is 4.79 Å². The van der Waals surface area contributed by atoms with Crippen LogP contribution in [0.15, 0.2) is 12.3 Å². The standard InChI is InChI=1S/C12H15N3O/c1-7-5-6-13-11-10(7)15-12(16)8-3-2-4-9(8)14-11/h5-6,8-9H,2-4H2,1H3,(H,13,14)(H,15,16). The molecule has 4 nitrogen and oxygen atoms in total. The van der Waals surface area contributed by atoms with Crippen LogP contribution in [0.5, 0.6) is 0 Å². The molecule has 2 atom stereocenters. The van der Waals surface area contributed by atoms with E-state index in [4.69, 9.17) is 0 Å². The molecule has 2 unspecified atom stereocenters. The van der Waals surface area contributed by atoms with Gasteiger partial charge in [0.2, 0.25) is 5.91 Å². The lowest BCUT2D eigenvalue weighted by Crippen LogP contribution is -2.30. The van der Waals surface area contributed by atoms with Crippen molar-refractivity contribution in [2.24, 2.45) is 5.92 Å². The number of carbonyl (C=O) groups excluding carboxylic acids is 1. The molecular formula is C12H15N3O. The van der Waals surface area contributed by atoms with Gasteiger partial charge in [0.05, 0.1) is 11.6 Å². The second-order valence-corrected chi connectivity index (χ2v) is 4.63. The zero-order valence-electron chi connectivity index (χ0n) is 9.29. The number of fused-ring (bicyclic) bond motifs is 2. The topological polar surface area (TPSA) is 54.0 Å². The molecule has 1 aliphatic heterocycles. The third-order valence-electron chi connectivity index (χ3n) is 3.58. The summed E-state index contributed by atoms with van der Waals surface area (Å²) in [4.78, 5) is 16.3. The van der Waals surface area contributed by atoms with Crippen LogP contribution in [0.4, 0.5) is 11.5 Å². The van der Waals surface area contributed by atoms with Gasteiger partial charge in [-0.2, -0.15) is 0 Å². The van der Waals surface area contributed by atoms with Crippen molar-refractivity contribution in [3.05, 3.63) is 17.8 Å². The summed E-state index contributed by atoms with van der Waals surface area (Å²) in [7, 11) is 0. The Bertz CT molecular complexity index is 444. The summed E-state index contributed by atoms with van der Waals surface area (Å²) in [5, 5.41) is 6.40. The van der Waals surface area contributed by atoms with Crippen LogP contribution in [0, 0.1) is 12.8 Å². The van der Waals surface area contributed by atoms with E-state index in [2.05, 4.69) is 15.6 Å². The maximum Gasteiger partial charge on any atom is 0.229 e. The highest BCUT2D eigenvalue weighted by Crippen LogP contribution is 2.35. The van der Waals surface area contributed by atoms with Crippen LogP contribution in [0.3, 0.4) is 0 Å². The number of carbonyl (C=O) groups is 1. The van der Waals surface area contributed by atoms with E-state index >= 15 is 0 Å². The molecule has 1 saturated carbocycles. The minimum absolute atomic E-state index is 0.105. The normalized spacial score (nSPS) is 27.4. The summed E-state index contributed by atoms with van der Waals surface area (Å²) in [5.74, 6) is 1.07. The molecule has 1 amide bonds. The SMILES string of the molecule is Cc1ccnc2c1NC(=O)C1CCCC1N2. The average molecular weight is 217 g/mol. The van der Waals surface area contributed by atoms with Gasteiger partial charge in [-0.15, -0.1) is 0 Å². The van der Waals surface area contributed by atoms with Gasteiger partial charge < -0.3 is 10.6 Å². The van der Waals surface area contributed by atoms with E-state index in [9.17, 15) is 4.79 Å². The van der Waals surface area contributed by atoms with Crippen molar-refractivity contribution >= 4 is 17.4 Å². The summed E-state index contributed by atoms with van der Waals surface area (Å²) in [6.07, 6.45) is 4.95. The van der Waals surface area contributed by atoms with Gasteiger partial charge in [-0.1, -0.05) is 6.42 Å². The zero-order valence-corrected chi connectivity index (χ0v) is 9.29. The quantitative estimate of drug-likeness (QED) is 0.698. The molecule has 2 aliphatic rings. The van der Waals surface area contributed by atoms with Crippen LogP contribution in [-0.2, 0) is 4.79 Å². The minimum atomic E-state index is 0.105. The van der Waals surface area contributed by atoms with Gasteiger partial charge in [0, 0.05) is 12.2 Å². The highest BCUT2D eigenvalue weighted by Gasteiger charge is 2.36. The summed E-state index contributed by atoms with van der Waals surface area (Å²) in [6, 6.07) is 2.18. The lowest BCUT2D eigenvalue weighted by atomic mass is 10.0. The highest BCUT2D eigenvalue weighted by molar-refractivity contribution is 5.98. The number of rotatable bonds is 0. The molecular weight excluding hydrogens is 202 g/mol. The number of hydrogen-bond acceptors (Lipinski definition) is 3. The van der Waals surface area contributed by atoms with Crippen LogP contribution in [0.1, 0.15) is 24.8 Å². The monoisotopic (exact) mass is 217 g/mol. The molecule has 2 heterocycles. The zero-order chi connectivity index (χ0) is 11.1. The first kappa shape index (κ1) is 9.63. The number of nitrogens with one attached hydrogen (secondary N) is 2. The van der Waals surface area contributed by atoms with Gasteiger partial charge in [-0.3, -0.25) is 4.79 Å². The van der Waals surface area contributed by atoms with Crippen LogP contribution in [-0.4, -0.2) is 16.9 Å². The van der Waals surface area contributed by atoms with Crippen molar-refractivity contribution in [1.29, 1.82) is 0 Å². The predicted molar refractivity (Wildman–Crippen MR) is 62.4 cm³/mol. The number of aryl methyl sites for hydroxylation is 1. The summed E-state index contributed by atoms with van der Waals surface area (Å²) < 4.78 is 0. The third-order valence-corrected chi connectivity index (χ3v) is 3.58. The number of aromatic nitrogens is 1. The van der Waals surface area contributed by atoms with Crippen molar-refractivity contribution in [3.63, 3.8) is 0 Å². The van der Waals surface area contributed by atoms with Crippen LogP contribution in [0.25, 0.3) is 0 Å². The van der Waals surface area contributed by atoms with Crippen molar-refractivity contribution in [2.45, 2.75) is 32.2 Å². The Labute approximate surface area is 94.5 Å². The van der Waals surface area contributed by atoms with Gasteiger partial charge in [0.25, 0.3) is 0 Å². The number of pyridine rings is 1. The van der Waals surface area contributed by atoms with Crippen LogP contribution >= 0.6 is 0 Å². The van der Waals surface area contributed by atoms with E-state index in [-0.39, 0.29) is 17.9 Å². The van der Waals surface area contributed by atoms with E-state index < -0.39 is 0 Å². The molecule has 0 bridgehead atoms. The van der Waals surface area contributed by atoms with E-state index in [1.165, 1.54) is 0 Å². The van der Waals surface area contributed by atoms with Crippen LogP contribution < -0.4 is 10.6 Å². The third kappa shape index (κ3) is 1.37. The Balaban J connectivity index is 2.05. The maximum absolute atomic E-state index is 12.0. The van der Waals surface area contributed by atoms with E-state index in [1.54, 1.807) is 6.20 Å². The first-order chi connectivity index (χ1) is 7.75. The highest BCUT2D eigenvalue weighted by atomic mass is 16.2. The van der Waals surface area contributed by atoms with Gasteiger partial charge in [-0.05, 0) is 31.4 Å². The largest absolute Gasteiger partial charge is 0.365 e. The molecule has 1 aromatic heterocycles. The van der Waals surface area contributed by atoms with Gasteiger partial charge in [-0.25, -0.2) is 4.98 Å². The van der Waals surface area contributed by atoms with Crippen LogP contribution in [0.2, 0.25) is 0 Å². The Morgan fingerprint density at radius 2 is 2.31 bits per heavy atom. The molecule has 16 heavy (non-hydrogen) atoms. The number of nitrogens with zero attached hydrogens (tertiary/aromatic N) is 1. The van der Waals surface area contributed by atoms with Crippen molar-refractivity contribution in [2.75, 3.05) is 10.6 Å². The maximum atomic E-state index is 12.0. The average Bonchev–Trinajstić information content (AvgIpc) is 2.66. The Morgan fingerprint density at radius 3 is 3.19 bits per heavy atom. The fourth-order valence-electron chi connectivity index (χ4n) is 2.66. The first-order valence-corrected chi connectivity index (χ1v) is 5.79. The van der Waals surface area contributed by atoms with Crippen molar-refractivity contribution in [1.82, 2.24) is 4.98 Å². The summed E-state index contributed by atoms with van der Waals surface area (Å²) in [6.45, 7) is 1.99. The van der Waals surface area contributed by atoms with E-state index in [0.29, 0.717) is 0 Å². The minimum Gasteiger partial charge on any atom is -0.365 e. The van der Waals surface area contributed by atoms with E-state index in [1.807, 2.05) is 13.0 Å². The fourth-order valence-corrected chi connectivity index (χ4v) is 2.66. The Hall–Kier alpha value is -1.58. The molecule has 0 spiro atoms. The Morgan fingerprint density at radius 1 is 1.44 bits per heavy atom. The smallest absolute Gasteiger partial charge is 0.229 e. The van der Waals surface area contributed by atoms with Gasteiger partial charge in [0.15, 0.2) is 0 Å².